The normalized spacial score (nSPS) is 10.8. The van der Waals surface area contributed by atoms with Crippen molar-refractivity contribution in [1.82, 2.24) is 9.78 Å². The van der Waals surface area contributed by atoms with Crippen LogP contribution < -0.4 is 10.1 Å². The molecular formula is C29H22FN3O4. The summed E-state index contributed by atoms with van der Waals surface area (Å²) in [6, 6.07) is 23.8. The number of halogens is 1. The number of nitrogens with zero attached hydrogens (tertiary/aromatic N) is 2. The molecule has 0 spiro atoms. The Bertz CT molecular complexity index is 1570. The Labute approximate surface area is 212 Å². The molecule has 5 rings (SSSR count). The highest BCUT2D eigenvalue weighted by Crippen LogP contribution is 2.41. The van der Waals surface area contributed by atoms with Gasteiger partial charge in [-0.1, -0.05) is 30.3 Å². The van der Waals surface area contributed by atoms with Crippen LogP contribution in [-0.2, 0) is 4.79 Å². The average molecular weight is 496 g/mol. The van der Waals surface area contributed by atoms with Crippen LogP contribution in [0.5, 0.6) is 5.88 Å². The summed E-state index contributed by atoms with van der Waals surface area (Å²) in [4.78, 5) is 24.5. The zero-order chi connectivity index (χ0) is 25.9. The summed E-state index contributed by atoms with van der Waals surface area (Å²) in [5.41, 5.74) is 4.59. The number of nitrogens with one attached hydrogen (secondary N) is 1. The van der Waals surface area contributed by atoms with E-state index < -0.39 is 5.97 Å². The van der Waals surface area contributed by atoms with Gasteiger partial charge in [-0.2, -0.15) is 9.78 Å². The van der Waals surface area contributed by atoms with E-state index in [2.05, 4.69) is 5.32 Å². The summed E-state index contributed by atoms with van der Waals surface area (Å²) in [7, 11) is 0. The van der Waals surface area contributed by atoms with Gasteiger partial charge in [-0.15, -0.1) is 0 Å². The molecule has 1 amide bonds. The molecule has 5 aromatic rings. The molecule has 7 nitrogen and oxygen atoms in total. The number of esters is 1. The molecule has 0 saturated heterocycles. The van der Waals surface area contributed by atoms with Gasteiger partial charge in [-0.3, -0.25) is 9.59 Å². The molecule has 0 aliphatic carbocycles. The number of para-hydroxylation sites is 1. The minimum Gasteiger partial charge on any atom is -0.459 e. The summed E-state index contributed by atoms with van der Waals surface area (Å²) >= 11 is 0. The molecule has 0 saturated carbocycles. The van der Waals surface area contributed by atoms with Crippen LogP contribution in [0.1, 0.15) is 23.0 Å². The van der Waals surface area contributed by atoms with E-state index in [0.717, 1.165) is 11.3 Å². The first kappa shape index (κ1) is 23.7. The van der Waals surface area contributed by atoms with E-state index in [1.54, 1.807) is 53.2 Å². The van der Waals surface area contributed by atoms with Crippen LogP contribution in [0.15, 0.2) is 95.6 Å². The topological polar surface area (TPSA) is 86.4 Å². The lowest BCUT2D eigenvalue weighted by Gasteiger charge is -2.11. The van der Waals surface area contributed by atoms with E-state index in [-0.39, 0.29) is 23.4 Å². The minimum absolute atomic E-state index is 0.194. The monoisotopic (exact) mass is 495 g/mol. The second-order valence-electron chi connectivity index (χ2n) is 8.34. The number of rotatable bonds is 6. The van der Waals surface area contributed by atoms with Crippen LogP contribution in [0.2, 0.25) is 0 Å². The molecule has 3 aromatic carbocycles. The van der Waals surface area contributed by atoms with Crippen molar-refractivity contribution >= 4 is 17.6 Å². The molecule has 0 unspecified atom stereocenters. The Morgan fingerprint density at radius 2 is 1.62 bits per heavy atom. The smallest absolute Gasteiger partial charge is 0.309 e. The second-order valence-corrected chi connectivity index (χ2v) is 8.34. The molecule has 0 fully saturated rings. The lowest BCUT2D eigenvalue weighted by atomic mass is 10.0. The molecule has 37 heavy (non-hydrogen) atoms. The quantitative estimate of drug-likeness (QED) is 0.275. The van der Waals surface area contributed by atoms with Crippen molar-refractivity contribution in [1.29, 1.82) is 0 Å². The van der Waals surface area contributed by atoms with Crippen molar-refractivity contribution in [2.75, 3.05) is 5.32 Å². The first-order valence-corrected chi connectivity index (χ1v) is 11.5. The maximum Gasteiger partial charge on any atom is 0.309 e. The summed E-state index contributed by atoms with van der Waals surface area (Å²) in [5, 5.41) is 7.59. The number of anilines is 1. The average Bonchev–Trinajstić information content (AvgIpc) is 3.54. The molecule has 0 aliphatic heterocycles. The van der Waals surface area contributed by atoms with Gasteiger partial charge < -0.3 is 14.5 Å². The van der Waals surface area contributed by atoms with Crippen LogP contribution >= 0.6 is 0 Å². The van der Waals surface area contributed by atoms with Gasteiger partial charge in [0.2, 0.25) is 5.88 Å². The van der Waals surface area contributed by atoms with E-state index in [4.69, 9.17) is 14.3 Å². The van der Waals surface area contributed by atoms with E-state index in [9.17, 15) is 14.0 Å². The summed E-state index contributed by atoms with van der Waals surface area (Å²) in [5.74, 6) is -0.838. The molecule has 0 atom stereocenters. The number of furan rings is 1. The van der Waals surface area contributed by atoms with Crippen molar-refractivity contribution < 1.29 is 23.1 Å². The zero-order valence-corrected chi connectivity index (χ0v) is 20.1. The number of amides is 1. The molecule has 1 N–H and O–H groups in total. The summed E-state index contributed by atoms with van der Waals surface area (Å²) < 4.78 is 26.2. The maximum atomic E-state index is 13.7. The molecule has 8 heteroatoms. The summed E-state index contributed by atoms with van der Waals surface area (Å²) in [6.07, 6.45) is 1.43. The van der Waals surface area contributed by atoms with Crippen molar-refractivity contribution in [3.05, 3.63) is 108 Å². The third-order valence-electron chi connectivity index (χ3n) is 5.72. The van der Waals surface area contributed by atoms with Gasteiger partial charge in [0.15, 0.2) is 5.76 Å². The number of ether oxygens (including phenoxy) is 1. The fourth-order valence-electron chi connectivity index (χ4n) is 3.99. The Hall–Kier alpha value is -4.98. The van der Waals surface area contributed by atoms with Crippen LogP contribution in [0.4, 0.5) is 10.1 Å². The van der Waals surface area contributed by atoms with Crippen LogP contribution in [-0.4, -0.2) is 21.7 Å². The Morgan fingerprint density at radius 3 is 2.27 bits per heavy atom. The first-order chi connectivity index (χ1) is 17.9. The van der Waals surface area contributed by atoms with E-state index in [1.807, 2.05) is 31.2 Å². The van der Waals surface area contributed by atoms with Gasteiger partial charge in [0, 0.05) is 18.2 Å². The zero-order valence-electron chi connectivity index (χ0n) is 20.1. The Balaban J connectivity index is 1.65. The van der Waals surface area contributed by atoms with Crippen molar-refractivity contribution in [2.45, 2.75) is 13.8 Å². The van der Waals surface area contributed by atoms with Crippen LogP contribution in [0.25, 0.3) is 28.1 Å². The Kier molecular flexibility index (Phi) is 6.38. The number of carbonyl (C=O) groups is 2. The van der Waals surface area contributed by atoms with Crippen molar-refractivity contribution in [3.8, 4) is 34.0 Å². The number of hydrogen-bond acceptors (Lipinski definition) is 5. The second kappa shape index (κ2) is 9.94. The predicted molar refractivity (Wildman–Crippen MR) is 137 cm³/mol. The number of aromatic nitrogens is 2. The maximum absolute atomic E-state index is 13.7. The minimum atomic E-state index is -0.510. The molecule has 2 aromatic heterocycles. The standard InChI is InChI=1S/C29H22FN3O4/c1-18-6-3-4-7-24(18)33-29(37-19(2)34)26(27(32-33)21-9-13-22(30)14-10-21)20-11-15-23(16-12-20)31-28(35)25-8-5-17-36-25/h3-17H,1-2H3,(H,31,35). The lowest BCUT2D eigenvalue weighted by Crippen LogP contribution is -2.10. The number of hydrogen-bond donors (Lipinski definition) is 1. The molecule has 0 bridgehead atoms. The Morgan fingerprint density at radius 1 is 0.919 bits per heavy atom. The first-order valence-electron chi connectivity index (χ1n) is 11.5. The van der Waals surface area contributed by atoms with Gasteiger partial charge >= 0.3 is 5.97 Å². The third-order valence-corrected chi connectivity index (χ3v) is 5.72. The van der Waals surface area contributed by atoms with Gasteiger partial charge in [-0.25, -0.2) is 4.39 Å². The van der Waals surface area contributed by atoms with Crippen LogP contribution in [0, 0.1) is 12.7 Å². The van der Waals surface area contributed by atoms with Gasteiger partial charge in [0.05, 0.1) is 17.5 Å². The van der Waals surface area contributed by atoms with E-state index >= 15 is 0 Å². The van der Waals surface area contributed by atoms with Crippen molar-refractivity contribution in [3.63, 3.8) is 0 Å². The van der Waals surface area contributed by atoms with Crippen molar-refractivity contribution in [2.24, 2.45) is 0 Å². The van der Waals surface area contributed by atoms with E-state index in [0.29, 0.717) is 28.1 Å². The fourth-order valence-corrected chi connectivity index (χ4v) is 3.99. The fraction of sp³-hybridized carbons (Fsp3) is 0.0690. The molecular weight excluding hydrogens is 473 g/mol. The van der Waals surface area contributed by atoms with Gasteiger partial charge in [-0.05, 0) is 72.6 Å². The highest BCUT2D eigenvalue weighted by Gasteiger charge is 2.25. The number of aryl methyl sites for hydroxylation is 1. The number of benzene rings is 3. The summed E-state index contributed by atoms with van der Waals surface area (Å²) in [6.45, 7) is 3.26. The molecule has 184 valence electrons. The highest BCUT2D eigenvalue weighted by atomic mass is 19.1. The highest BCUT2D eigenvalue weighted by molar-refractivity contribution is 6.02. The predicted octanol–water partition coefficient (Wildman–Crippen LogP) is 6.42. The largest absolute Gasteiger partial charge is 0.459 e. The molecule has 0 radical (unpaired) electrons. The van der Waals surface area contributed by atoms with Crippen LogP contribution in [0.3, 0.4) is 0 Å². The number of carbonyl (C=O) groups excluding carboxylic acids is 2. The van der Waals surface area contributed by atoms with E-state index in [1.165, 1.54) is 25.3 Å². The SMILES string of the molecule is CC(=O)Oc1c(-c2ccc(NC(=O)c3ccco3)cc2)c(-c2ccc(F)cc2)nn1-c1ccccc1C. The third kappa shape index (κ3) is 4.90. The lowest BCUT2D eigenvalue weighted by molar-refractivity contribution is -0.132. The molecule has 0 aliphatic rings. The molecule has 2 heterocycles. The van der Waals surface area contributed by atoms with Gasteiger partial charge in [0.1, 0.15) is 11.5 Å². The van der Waals surface area contributed by atoms with Gasteiger partial charge in [0.25, 0.3) is 5.91 Å².